The van der Waals surface area contributed by atoms with Crippen LogP contribution >= 0.6 is 11.6 Å². The first kappa shape index (κ1) is 44.8. The summed E-state index contributed by atoms with van der Waals surface area (Å²) in [6.45, 7) is 21.5. The maximum atomic E-state index is 14.1. The summed E-state index contributed by atoms with van der Waals surface area (Å²) < 4.78 is 6.40. The number of hydrogen-bond acceptors (Lipinski definition) is 7. The molecule has 6 aliphatic rings. The predicted molar refractivity (Wildman–Crippen MR) is 230 cm³/mol. The number of benzene rings is 1. The summed E-state index contributed by atoms with van der Waals surface area (Å²) in [4.78, 5) is 65.8. The van der Waals surface area contributed by atoms with E-state index in [4.69, 9.17) is 16.3 Å². The van der Waals surface area contributed by atoms with Gasteiger partial charge in [-0.3, -0.25) is 24.0 Å². The molecule has 6 aliphatic carbocycles. The van der Waals surface area contributed by atoms with Gasteiger partial charge in [-0.1, -0.05) is 79.5 Å². The second-order valence-electron chi connectivity index (χ2n) is 22.1. The van der Waals surface area contributed by atoms with Crippen LogP contribution in [0.1, 0.15) is 144 Å². The highest BCUT2D eigenvalue weighted by atomic mass is 35.5. The van der Waals surface area contributed by atoms with Gasteiger partial charge in [0.2, 0.25) is 5.91 Å². The fraction of sp³-hybridized carbons (Fsp3) is 0.735. The maximum absolute atomic E-state index is 14.1. The summed E-state index contributed by atoms with van der Waals surface area (Å²) >= 11 is 5.98. The zero-order valence-corrected chi connectivity index (χ0v) is 38.3. The molecule has 0 saturated heterocycles. The van der Waals surface area contributed by atoms with Crippen LogP contribution in [0, 0.1) is 68.0 Å². The third kappa shape index (κ3) is 6.69. The van der Waals surface area contributed by atoms with Crippen LogP contribution in [0.2, 0.25) is 5.02 Å². The van der Waals surface area contributed by atoms with Crippen LogP contribution in [0.15, 0.2) is 35.4 Å². The summed E-state index contributed by atoms with van der Waals surface area (Å²) in [5.41, 5.74) is 0.576. The van der Waals surface area contributed by atoms with E-state index in [1.165, 1.54) is 0 Å². The Hall–Kier alpha value is -3.24. The number of allylic oxidation sites excluding steroid dienone is 1. The Bertz CT molecular complexity index is 1970. The van der Waals surface area contributed by atoms with Gasteiger partial charge in [-0.2, -0.15) is 0 Å². The van der Waals surface area contributed by atoms with Gasteiger partial charge in [-0.05, 0) is 140 Å². The number of aliphatic hydroxyl groups excluding tert-OH is 1. The number of nitrogens with one attached hydrogen (secondary N) is 2. The number of rotatable bonds is 10. The van der Waals surface area contributed by atoms with Crippen LogP contribution in [0.25, 0.3) is 0 Å². The Morgan fingerprint density at radius 1 is 0.833 bits per heavy atom. The van der Waals surface area contributed by atoms with E-state index in [0.717, 1.165) is 56.1 Å². The molecular formula is C49H69ClN2O8. The first-order chi connectivity index (χ1) is 27.9. The van der Waals surface area contributed by atoms with Crippen molar-refractivity contribution in [3.8, 4) is 0 Å². The van der Waals surface area contributed by atoms with Crippen molar-refractivity contribution in [3.05, 3.63) is 46.0 Å². The third-order valence-electron chi connectivity index (χ3n) is 18.5. The molecular weight excluding hydrogens is 780 g/mol. The Morgan fingerprint density at radius 3 is 2.12 bits per heavy atom. The third-order valence-corrected chi connectivity index (χ3v) is 18.7. The standard InChI is InChI=1S/C49H69ClN2O8/c1-26(2)38-33(53)24-49(36(54)25-51-40(55)27(3)52-41(56)28-11-13-29(50)14-12-28)22-21-47(9)30(39(38)49)15-16-35-46(8)19-18-37(45(6,7)34(46)17-20-48(35,47)10)60-43(59)32-23-31(42(57)58)44(32,4)5/h11-14,26-27,30-32,34-37,54H,15-25H2,1-10H3,(H,51,55)(H,52,56)(H,57,58)/t27-,30+,31-,32+,34-,35+,36-,37-,46-,47+,48+,49-/m0/s1. The largest absolute Gasteiger partial charge is 0.481 e. The Kier molecular flexibility index (Phi) is 11.4. The van der Waals surface area contributed by atoms with Crippen molar-refractivity contribution in [1.29, 1.82) is 0 Å². The zero-order valence-electron chi connectivity index (χ0n) is 37.5. The van der Waals surface area contributed by atoms with E-state index in [1.807, 2.05) is 13.8 Å². The lowest BCUT2D eigenvalue weighted by atomic mass is 9.33. The lowest BCUT2D eigenvalue weighted by molar-refractivity contribution is -0.238. The number of carbonyl (C=O) groups excluding carboxylic acids is 4. The SMILES string of the molecule is CC(C)C1=C2[C@H]3CC[C@@H]4[C@@]5(C)CC[C@H](OC(=O)[C@H]6C[C@@H](C(=O)O)C6(C)C)C(C)(C)[C@@H]5CC[C@@]4(C)[C@]3(C)CC[C@@]2([C@@H](O)CNC(=O)[C@H](C)NC(=O)c2ccc(Cl)cc2)CC1=O. The average molecular weight is 850 g/mol. The van der Waals surface area contributed by atoms with E-state index in [0.29, 0.717) is 35.3 Å². The first-order valence-electron chi connectivity index (χ1n) is 22.6. The van der Waals surface area contributed by atoms with Crippen molar-refractivity contribution < 1.29 is 38.9 Å². The molecule has 1 aromatic rings. The lowest BCUT2D eigenvalue weighted by Crippen LogP contribution is -2.66. The number of fused-ring (bicyclic) bond motifs is 7. The topological polar surface area (TPSA) is 159 Å². The van der Waals surface area contributed by atoms with E-state index < -0.39 is 52.6 Å². The predicted octanol–water partition coefficient (Wildman–Crippen LogP) is 8.57. The second kappa shape index (κ2) is 15.2. The summed E-state index contributed by atoms with van der Waals surface area (Å²) in [6, 6.07) is 5.59. The molecule has 10 nitrogen and oxygen atoms in total. The van der Waals surface area contributed by atoms with E-state index in [1.54, 1.807) is 31.2 Å². The van der Waals surface area contributed by atoms with Gasteiger partial charge in [0.05, 0.1) is 17.9 Å². The van der Waals surface area contributed by atoms with Gasteiger partial charge in [-0.15, -0.1) is 0 Å². The molecule has 0 bridgehead atoms. The number of carboxylic acid groups (broad SMARTS) is 1. The summed E-state index contributed by atoms with van der Waals surface area (Å²) in [7, 11) is 0. The minimum atomic E-state index is -0.974. The highest BCUT2D eigenvalue weighted by molar-refractivity contribution is 6.30. The van der Waals surface area contributed by atoms with Crippen molar-refractivity contribution in [3.63, 3.8) is 0 Å². The van der Waals surface area contributed by atoms with E-state index in [2.05, 4.69) is 59.1 Å². The van der Waals surface area contributed by atoms with Crippen LogP contribution < -0.4 is 10.6 Å². The van der Waals surface area contributed by atoms with Crippen molar-refractivity contribution in [2.45, 2.75) is 152 Å². The number of amides is 2. The van der Waals surface area contributed by atoms with E-state index in [-0.39, 0.29) is 64.3 Å². The Balaban J connectivity index is 1.09. The van der Waals surface area contributed by atoms with Crippen LogP contribution in [0.5, 0.6) is 0 Å². The highest BCUT2D eigenvalue weighted by Gasteiger charge is 2.71. The second-order valence-corrected chi connectivity index (χ2v) is 22.5. The molecule has 60 heavy (non-hydrogen) atoms. The van der Waals surface area contributed by atoms with Crippen molar-refractivity contribution in [2.24, 2.45) is 68.0 Å². The summed E-state index contributed by atoms with van der Waals surface area (Å²) in [5, 5.41) is 28.1. The lowest BCUT2D eigenvalue weighted by Gasteiger charge is -2.72. The van der Waals surface area contributed by atoms with Gasteiger partial charge in [-0.25, -0.2) is 0 Å². The average Bonchev–Trinajstić information content (AvgIpc) is 3.48. The molecule has 11 heteroatoms. The summed E-state index contributed by atoms with van der Waals surface area (Å²) in [6.07, 6.45) is 6.56. The number of carbonyl (C=O) groups is 5. The molecule has 7 rings (SSSR count). The van der Waals surface area contributed by atoms with Crippen LogP contribution in [0.3, 0.4) is 0 Å². The number of esters is 1. The number of Topliss-reactive ketones (excluding diaryl/α,β-unsaturated/α-hetero) is 1. The van der Waals surface area contributed by atoms with Gasteiger partial charge in [0.1, 0.15) is 12.1 Å². The van der Waals surface area contributed by atoms with E-state index in [9.17, 15) is 34.2 Å². The van der Waals surface area contributed by atoms with Gasteiger partial charge < -0.3 is 25.6 Å². The number of aliphatic carboxylic acids is 1. The van der Waals surface area contributed by atoms with Crippen LogP contribution in [-0.4, -0.2) is 64.5 Å². The van der Waals surface area contributed by atoms with Crippen molar-refractivity contribution >= 4 is 41.1 Å². The van der Waals surface area contributed by atoms with E-state index >= 15 is 0 Å². The quantitative estimate of drug-likeness (QED) is 0.171. The van der Waals surface area contributed by atoms with Gasteiger partial charge in [0.15, 0.2) is 5.78 Å². The molecule has 0 aliphatic heterocycles. The first-order valence-corrected chi connectivity index (χ1v) is 23.0. The van der Waals surface area contributed by atoms with Crippen molar-refractivity contribution in [2.75, 3.05) is 6.54 Å². The molecule has 0 aromatic heterocycles. The van der Waals surface area contributed by atoms with Crippen LogP contribution in [0.4, 0.5) is 0 Å². The molecule has 2 amide bonds. The summed E-state index contributed by atoms with van der Waals surface area (Å²) in [5.74, 6) is -1.88. The maximum Gasteiger partial charge on any atom is 0.309 e. The number of ether oxygens (including phenoxy) is 1. The fourth-order valence-electron chi connectivity index (χ4n) is 14.7. The molecule has 0 radical (unpaired) electrons. The molecule has 1 aromatic carbocycles. The van der Waals surface area contributed by atoms with Crippen LogP contribution in [-0.2, 0) is 23.9 Å². The van der Waals surface area contributed by atoms with Crippen molar-refractivity contribution in [1.82, 2.24) is 10.6 Å². The number of ketones is 1. The highest BCUT2D eigenvalue weighted by Crippen LogP contribution is 2.77. The smallest absolute Gasteiger partial charge is 0.309 e. The normalized spacial score (nSPS) is 38.6. The van der Waals surface area contributed by atoms with Gasteiger partial charge in [0.25, 0.3) is 5.91 Å². The van der Waals surface area contributed by atoms with Gasteiger partial charge >= 0.3 is 11.9 Å². The molecule has 0 spiro atoms. The Labute approximate surface area is 361 Å². The monoisotopic (exact) mass is 848 g/mol. The molecule has 5 fully saturated rings. The Morgan fingerprint density at radius 2 is 1.50 bits per heavy atom. The molecule has 330 valence electrons. The zero-order chi connectivity index (χ0) is 44.1. The molecule has 4 N–H and O–H groups in total. The molecule has 12 atom stereocenters. The van der Waals surface area contributed by atoms with Gasteiger partial charge in [0, 0.05) is 34.4 Å². The number of carboxylic acids is 1. The number of aliphatic hydroxyl groups is 1. The number of hydrogen-bond donors (Lipinski definition) is 4. The molecule has 0 unspecified atom stereocenters. The molecule has 5 saturated carbocycles. The number of halogens is 1. The minimum absolute atomic E-state index is 0.000266. The minimum Gasteiger partial charge on any atom is -0.481 e. The molecule has 0 heterocycles. The fourth-order valence-corrected chi connectivity index (χ4v) is 14.9.